The first-order valence-corrected chi connectivity index (χ1v) is 14.1. The average molecular weight is 345 g/mol. The minimum atomic E-state index is -0.933. The summed E-state index contributed by atoms with van der Waals surface area (Å²) < 4.78 is 0. The Kier molecular flexibility index (Phi) is 17.6. The van der Waals surface area contributed by atoms with Crippen LogP contribution in [0.15, 0.2) is 0 Å². The van der Waals surface area contributed by atoms with Gasteiger partial charge in [0.2, 0.25) is 0 Å². The molecule has 0 aliphatic heterocycles. The van der Waals surface area contributed by atoms with Gasteiger partial charge in [0.1, 0.15) is 0 Å². The molecular formula is C22H49P. The van der Waals surface area contributed by atoms with Crippen LogP contribution in [0.25, 0.3) is 0 Å². The Morgan fingerprint density at radius 2 is 0.696 bits per heavy atom. The molecule has 0 rings (SSSR count). The standard InChI is InChI=1S/C22H49P/c1-5-9-11-13-15-17-21-23(19-7-3,20-8-4)22-18-16-14-12-10-6-2/h23H,5-22H2,1-4H3. The molecule has 0 saturated heterocycles. The van der Waals surface area contributed by atoms with Crippen LogP contribution < -0.4 is 0 Å². The molecule has 0 radical (unpaired) electrons. The summed E-state index contributed by atoms with van der Waals surface area (Å²) in [6, 6.07) is 0. The molecule has 0 N–H and O–H groups in total. The van der Waals surface area contributed by atoms with Crippen LogP contribution in [0.5, 0.6) is 0 Å². The van der Waals surface area contributed by atoms with Crippen LogP contribution >= 0.6 is 7.26 Å². The molecule has 0 aromatic rings. The van der Waals surface area contributed by atoms with E-state index in [1.165, 1.54) is 77.0 Å². The fourth-order valence-corrected chi connectivity index (χ4v) is 9.99. The summed E-state index contributed by atoms with van der Waals surface area (Å²) in [5, 5.41) is 0. The second-order valence-electron chi connectivity index (χ2n) is 8.04. The van der Waals surface area contributed by atoms with E-state index in [2.05, 4.69) is 27.7 Å². The van der Waals surface area contributed by atoms with Gasteiger partial charge in [-0.15, -0.1) is 0 Å². The molecule has 0 aliphatic rings. The van der Waals surface area contributed by atoms with Gasteiger partial charge in [0.15, 0.2) is 0 Å². The number of hydrogen-bond donors (Lipinski definition) is 0. The second kappa shape index (κ2) is 17.3. The first kappa shape index (κ1) is 23.4. The molecule has 0 atom stereocenters. The van der Waals surface area contributed by atoms with Crippen LogP contribution in [0, 0.1) is 0 Å². The summed E-state index contributed by atoms with van der Waals surface area (Å²) in [4.78, 5) is 0. The third-order valence-electron chi connectivity index (χ3n) is 5.68. The molecule has 0 spiro atoms. The molecule has 0 heterocycles. The molecule has 0 saturated carbocycles. The molecule has 0 aromatic carbocycles. The summed E-state index contributed by atoms with van der Waals surface area (Å²) in [6.07, 6.45) is 27.1. The van der Waals surface area contributed by atoms with E-state index < -0.39 is 7.26 Å². The Morgan fingerprint density at radius 3 is 1.04 bits per heavy atom. The monoisotopic (exact) mass is 344 g/mol. The van der Waals surface area contributed by atoms with E-state index in [0.717, 1.165) is 0 Å². The average Bonchev–Trinajstić information content (AvgIpc) is 2.54. The molecule has 0 aromatic heterocycles. The molecule has 0 aliphatic carbocycles. The SMILES string of the molecule is CCCCCCCC[PH](CCC)(CCC)CCCCCCCC. The fraction of sp³-hybridized carbons (Fsp3) is 1.00. The van der Waals surface area contributed by atoms with Gasteiger partial charge >= 0.3 is 149 Å². The maximum atomic E-state index is 2.43. The van der Waals surface area contributed by atoms with Crippen LogP contribution in [-0.2, 0) is 0 Å². The van der Waals surface area contributed by atoms with E-state index in [9.17, 15) is 0 Å². The summed E-state index contributed by atoms with van der Waals surface area (Å²) >= 11 is 0. The van der Waals surface area contributed by atoms with Crippen molar-refractivity contribution in [1.82, 2.24) is 0 Å². The van der Waals surface area contributed by atoms with Crippen molar-refractivity contribution >= 4 is 7.26 Å². The van der Waals surface area contributed by atoms with E-state index in [1.54, 1.807) is 37.5 Å². The van der Waals surface area contributed by atoms with Gasteiger partial charge in [0, 0.05) is 0 Å². The van der Waals surface area contributed by atoms with E-state index >= 15 is 0 Å². The molecule has 142 valence electrons. The Bertz CT molecular complexity index is 200. The fourth-order valence-electron chi connectivity index (χ4n) is 4.37. The van der Waals surface area contributed by atoms with Crippen molar-refractivity contribution in [2.75, 3.05) is 24.6 Å². The van der Waals surface area contributed by atoms with Crippen molar-refractivity contribution < 1.29 is 0 Å². The molecule has 0 bridgehead atoms. The third kappa shape index (κ3) is 13.4. The van der Waals surface area contributed by atoms with Gasteiger partial charge in [-0.3, -0.25) is 0 Å². The van der Waals surface area contributed by atoms with Gasteiger partial charge < -0.3 is 0 Å². The second-order valence-corrected chi connectivity index (χ2v) is 13.0. The molecule has 1 heteroatoms. The predicted molar refractivity (Wildman–Crippen MR) is 115 cm³/mol. The van der Waals surface area contributed by atoms with Gasteiger partial charge in [0.25, 0.3) is 0 Å². The Balaban J connectivity index is 4.11. The number of rotatable bonds is 18. The molecular weight excluding hydrogens is 295 g/mol. The number of hydrogen-bond acceptors (Lipinski definition) is 0. The zero-order valence-corrected chi connectivity index (χ0v) is 18.2. The van der Waals surface area contributed by atoms with Crippen molar-refractivity contribution in [2.45, 2.75) is 118 Å². The van der Waals surface area contributed by atoms with Crippen LogP contribution in [0.1, 0.15) is 118 Å². The molecule has 0 fully saturated rings. The summed E-state index contributed by atoms with van der Waals surface area (Å²) in [5.74, 6) is 0. The quantitative estimate of drug-likeness (QED) is 0.173. The van der Waals surface area contributed by atoms with Crippen LogP contribution in [0.4, 0.5) is 0 Å². The van der Waals surface area contributed by atoms with E-state index in [0.29, 0.717) is 0 Å². The summed E-state index contributed by atoms with van der Waals surface area (Å²) in [5.41, 5.74) is 0. The zero-order chi connectivity index (χ0) is 17.2. The first-order chi connectivity index (χ1) is 11.2. The molecule has 0 amide bonds. The van der Waals surface area contributed by atoms with Crippen molar-refractivity contribution in [3.63, 3.8) is 0 Å². The van der Waals surface area contributed by atoms with Crippen LogP contribution in [0.2, 0.25) is 0 Å². The predicted octanol–water partition coefficient (Wildman–Crippen LogP) is 8.28. The molecule has 23 heavy (non-hydrogen) atoms. The topological polar surface area (TPSA) is 0 Å². The normalized spacial score (nSPS) is 12.7. The third-order valence-corrected chi connectivity index (χ3v) is 11.6. The Labute approximate surface area is 149 Å². The van der Waals surface area contributed by atoms with Gasteiger partial charge in [-0.05, 0) is 0 Å². The van der Waals surface area contributed by atoms with Crippen molar-refractivity contribution in [2.24, 2.45) is 0 Å². The van der Waals surface area contributed by atoms with Crippen molar-refractivity contribution in [3.05, 3.63) is 0 Å². The maximum absolute atomic E-state index is 2.43. The molecule has 0 unspecified atom stereocenters. The Morgan fingerprint density at radius 1 is 0.348 bits per heavy atom. The van der Waals surface area contributed by atoms with Crippen LogP contribution in [-0.4, -0.2) is 24.6 Å². The van der Waals surface area contributed by atoms with Crippen molar-refractivity contribution in [3.8, 4) is 0 Å². The van der Waals surface area contributed by atoms with Crippen molar-refractivity contribution in [1.29, 1.82) is 0 Å². The van der Waals surface area contributed by atoms with Gasteiger partial charge in [-0.2, -0.15) is 0 Å². The number of unbranched alkanes of at least 4 members (excludes halogenated alkanes) is 10. The summed E-state index contributed by atoms with van der Waals surface area (Å²) in [7, 11) is -0.933. The van der Waals surface area contributed by atoms with E-state index in [-0.39, 0.29) is 0 Å². The first-order valence-electron chi connectivity index (χ1n) is 11.2. The summed E-state index contributed by atoms with van der Waals surface area (Å²) in [6.45, 7) is 9.50. The van der Waals surface area contributed by atoms with Crippen LogP contribution in [0.3, 0.4) is 0 Å². The van der Waals surface area contributed by atoms with E-state index in [1.807, 2.05) is 0 Å². The van der Waals surface area contributed by atoms with E-state index in [4.69, 9.17) is 0 Å². The van der Waals surface area contributed by atoms with Gasteiger partial charge in [-0.1, -0.05) is 0 Å². The zero-order valence-electron chi connectivity index (χ0n) is 17.2. The minimum absolute atomic E-state index is 0.933. The Hall–Kier alpha value is 0.430. The molecule has 0 nitrogen and oxygen atoms in total. The van der Waals surface area contributed by atoms with Gasteiger partial charge in [-0.25, -0.2) is 0 Å². The van der Waals surface area contributed by atoms with Gasteiger partial charge in [0.05, 0.1) is 0 Å².